The van der Waals surface area contributed by atoms with E-state index in [1.807, 2.05) is 10.8 Å². The second-order valence-corrected chi connectivity index (χ2v) is 4.81. The molecule has 0 spiro atoms. The predicted molar refractivity (Wildman–Crippen MR) is 72.1 cm³/mol. The lowest BCUT2D eigenvalue weighted by Crippen LogP contribution is -2.18. The number of aliphatic hydroxyl groups is 1. The Bertz CT molecular complexity index is 539. The predicted octanol–water partition coefficient (Wildman–Crippen LogP) is 1.17. The molecule has 0 radical (unpaired) electrons. The molecular formula is C11H15BrN4O2. The van der Waals surface area contributed by atoms with Gasteiger partial charge in [-0.25, -0.2) is 9.97 Å². The smallest absolute Gasteiger partial charge is 0.146 e. The van der Waals surface area contributed by atoms with Gasteiger partial charge in [0, 0.05) is 24.3 Å². The molecule has 1 atom stereocenters. The number of nitrogen functional groups attached to an aromatic ring is 1. The molecule has 0 aliphatic rings. The molecule has 0 saturated carbocycles. The average molecular weight is 315 g/mol. The van der Waals surface area contributed by atoms with E-state index in [9.17, 15) is 0 Å². The highest BCUT2D eigenvalue weighted by Gasteiger charge is 2.13. The highest BCUT2D eigenvalue weighted by Crippen LogP contribution is 2.28. The number of hydrogen-bond donors (Lipinski definition) is 2. The van der Waals surface area contributed by atoms with Crippen LogP contribution in [0.5, 0.6) is 0 Å². The summed E-state index contributed by atoms with van der Waals surface area (Å²) in [5.41, 5.74) is 6.60. The van der Waals surface area contributed by atoms with Crippen molar-refractivity contribution in [3.05, 3.63) is 17.0 Å². The van der Waals surface area contributed by atoms with Gasteiger partial charge in [-0.2, -0.15) is 0 Å². The topological polar surface area (TPSA) is 86.2 Å². The van der Waals surface area contributed by atoms with Crippen molar-refractivity contribution in [1.29, 1.82) is 0 Å². The van der Waals surface area contributed by atoms with E-state index in [0.717, 1.165) is 15.5 Å². The van der Waals surface area contributed by atoms with E-state index in [2.05, 4.69) is 25.9 Å². The van der Waals surface area contributed by atoms with Gasteiger partial charge >= 0.3 is 0 Å². The molecular weight excluding hydrogens is 300 g/mol. The lowest BCUT2D eigenvalue weighted by molar-refractivity contribution is 0.0405. The number of anilines is 1. The van der Waals surface area contributed by atoms with Gasteiger partial charge < -0.3 is 20.1 Å². The first-order valence-electron chi connectivity index (χ1n) is 5.55. The standard InChI is InChI=1S/C11H15BrN4O2/c1-18-7(5-17)2-3-16-4-8(12)9-10(13)14-6-15-11(9)16/h4,6-7,17H,2-3,5H2,1H3,(H2,13,14,15). The maximum atomic E-state index is 9.08. The zero-order valence-electron chi connectivity index (χ0n) is 10.0. The van der Waals surface area contributed by atoms with Crippen molar-refractivity contribution in [3.8, 4) is 0 Å². The zero-order valence-corrected chi connectivity index (χ0v) is 11.6. The summed E-state index contributed by atoms with van der Waals surface area (Å²) in [4.78, 5) is 8.20. The fourth-order valence-electron chi connectivity index (χ4n) is 1.84. The monoisotopic (exact) mass is 314 g/mol. The Morgan fingerprint density at radius 3 is 3.00 bits per heavy atom. The molecule has 98 valence electrons. The van der Waals surface area contributed by atoms with Crippen LogP contribution in [0.4, 0.5) is 5.82 Å². The maximum absolute atomic E-state index is 9.08. The van der Waals surface area contributed by atoms with Gasteiger partial charge in [-0.1, -0.05) is 0 Å². The third-order valence-corrected chi connectivity index (χ3v) is 3.47. The Kier molecular flexibility index (Phi) is 4.15. The van der Waals surface area contributed by atoms with Crippen molar-refractivity contribution in [2.45, 2.75) is 19.1 Å². The second kappa shape index (κ2) is 5.64. The van der Waals surface area contributed by atoms with E-state index in [1.165, 1.54) is 6.33 Å². The van der Waals surface area contributed by atoms with Gasteiger partial charge in [0.25, 0.3) is 0 Å². The molecule has 1 unspecified atom stereocenters. The van der Waals surface area contributed by atoms with Gasteiger partial charge in [-0.15, -0.1) is 0 Å². The average Bonchev–Trinajstić information content (AvgIpc) is 2.69. The van der Waals surface area contributed by atoms with Crippen LogP contribution in [-0.2, 0) is 11.3 Å². The fraction of sp³-hybridized carbons (Fsp3) is 0.455. The van der Waals surface area contributed by atoms with Crippen LogP contribution < -0.4 is 5.73 Å². The number of aromatic nitrogens is 3. The van der Waals surface area contributed by atoms with Crippen LogP contribution in [0.3, 0.4) is 0 Å². The van der Waals surface area contributed by atoms with Crippen LogP contribution in [0.25, 0.3) is 11.0 Å². The number of nitrogens with two attached hydrogens (primary N) is 1. The van der Waals surface area contributed by atoms with E-state index in [0.29, 0.717) is 18.8 Å². The number of hydrogen-bond acceptors (Lipinski definition) is 5. The lowest BCUT2D eigenvalue weighted by Gasteiger charge is -2.12. The summed E-state index contributed by atoms with van der Waals surface area (Å²) in [6.45, 7) is 0.700. The quantitative estimate of drug-likeness (QED) is 0.865. The normalized spacial score (nSPS) is 13.1. The van der Waals surface area contributed by atoms with Gasteiger partial charge in [0.1, 0.15) is 17.8 Å². The summed E-state index contributed by atoms with van der Waals surface area (Å²) >= 11 is 3.45. The van der Waals surface area contributed by atoms with Crippen LogP contribution in [0, 0.1) is 0 Å². The third-order valence-electron chi connectivity index (χ3n) is 2.87. The molecule has 3 N–H and O–H groups in total. The van der Waals surface area contributed by atoms with E-state index in [1.54, 1.807) is 7.11 Å². The first-order valence-corrected chi connectivity index (χ1v) is 6.35. The Balaban J connectivity index is 2.27. The molecule has 0 bridgehead atoms. The van der Waals surface area contributed by atoms with E-state index < -0.39 is 0 Å². The molecule has 2 rings (SSSR count). The van der Waals surface area contributed by atoms with Gasteiger partial charge in [-0.05, 0) is 22.4 Å². The summed E-state index contributed by atoms with van der Waals surface area (Å²) in [5, 5.41) is 9.89. The molecule has 2 aromatic heterocycles. The zero-order chi connectivity index (χ0) is 13.1. The van der Waals surface area contributed by atoms with E-state index in [-0.39, 0.29) is 12.7 Å². The number of halogens is 1. The van der Waals surface area contributed by atoms with Crippen LogP contribution in [0.15, 0.2) is 17.0 Å². The molecule has 0 aliphatic heterocycles. The molecule has 18 heavy (non-hydrogen) atoms. The van der Waals surface area contributed by atoms with Crippen LogP contribution >= 0.6 is 15.9 Å². The highest BCUT2D eigenvalue weighted by atomic mass is 79.9. The summed E-state index contributed by atoms with van der Waals surface area (Å²) < 4.78 is 7.97. The summed E-state index contributed by atoms with van der Waals surface area (Å²) in [6.07, 6.45) is 3.90. The van der Waals surface area contributed by atoms with Crippen molar-refractivity contribution in [2.24, 2.45) is 0 Å². The van der Waals surface area contributed by atoms with Gasteiger partial charge in [0.15, 0.2) is 0 Å². The van der Waals surface area contributed by atoms with Crippen LogP contribution in [0.1, 0.15) is 6.42 Å². The van der Waals surface area contributed by atoms with Crippen molar-refractivity contribution >= 4 is 32.8 Å². The van der Waals surface area contributed by atoms with E-state index >= 15 is 0 Å². The van der Waals surface area contributed by atoms with Gasteiger partial charge in [-0.3, -0.25) is 0 Å². The fourth-order valence-corrected chi connectivity index (χ4v) is 2.46. The summed E-state index contributed by atoms with van der Waals surface area (Å²) in [5.74, 6) is 0.455. The second-order valence-electron chi connectivity index (χ2n) is 3.96. The Morgan fingerprint density at radius 2 is 2.33 bits per heavy atom. The number of aryl methyl sites for hydroxylation is 1. The highest BCUT2D eigenvalue weighted by molar-refractivity contribution is 9.10. The Morgan fingerprint density at radius 1 is 1.56 bits per heavy atom. The van der Waals surface area contributed by atoms with Crippen molar-refractivity contribution in [2.75, 3.05) is 19.5 Å². The maximum Gasteiger partial charge on any atom is 0.146 e. The lowest BCUT2D eigenvalue weighted by atomic mass is 10.2. The third kappa shape index (κ3) is 2.47. The minimum absolute atomic E-state index is 0.00793. The molecule has 0 fully saturated rings. The Labute approximate surface area is 113 Å². The van der Waals surface area contributed by atoms with Gasteiger partial charge in [0.2, 0.25) is 0 Å². The summed E-state index contributed by atoms with van der Waals surface area (Å²) in [6, 6.07) is 0. The molecule has 0 aromatic carbocycles. The molecule has 6 nitrogen and oxygen atoms in total. The molecule has 0 aliphatic carbocycles. The van der Waals surface area contributed by atoms with Crippen LogP contribution in [-0.4, -0.2) is 39.5 Å². The first kappa shape index (κ1) is 13.3. The minimum atomic E-state index is -0.166. The number of methoxy groups -OCH3 is 1. The molecule has 2 aromatic rings. The number of fused-ring (bicyclic) bond motifs is 1. The molecule has 7 heteroatoms. The SMILES string of the molecule is COC(CO)CCn1cc(Br)c2c(N)ncnc21. The first-order chi connectivity index (χ1) is 8.67. The van der Waals surface area contributed by atoms with Crippen LogP contribution in [0.2, 0.25) is 0 Å². The minimum Gasteiger partial charge on any atom is -0.394 e. The van der Waals surface area contributed by atoms with E-state index in [4.69, 9.17) is 15.6 Å². The largest absolute Gasteiger partial charge is 0.394 e. The molecule has 0 amide bonds. The summed E-state index contributed by atoms with van der Waals surface area (Å²) in [7, 11) is 1.59. The number of nitrogens with zero attached hydrogens (tertiary/aromatic N) is 3. The van der Waals surface area contributed by atoms with Crippen molar-refractivity contribution < 1.29 is 9.84 Å². The van der Waals surface area contributed by atoms with Gasteiger partial charge in [0.05, 0.1) is 18.1 Å². The number of ether oxygens (including phenoxy) is 1. The number of aliphatic hydroxyl groups excluding tert-OH is 1. The Hall–Kier alpha value is -1.18. The van der Waals surface area contributed by atoms with Crippen molar-refractivity contribution in [1.82, 2.24) is 14.5 Å². The number of rotatable bonds is 5. The molecule has 0 saturated heterocycles. The molecule has 2 heterocycles. The van der Waals surface area contributed by atoms with Crippen molar-refractivity contribution in [3.63, 3.8) is 0 Å².